The maximum atomic E-state index is 9.42. The number of hydrogen-bond acceptors (Lipinski definition) is 2. The van der Waals surface area contributed by atoms with Gasteiger partial charge in [0.15, 0.2) is 0 Å². The fourth-order valence-electron chi connectivity index (χ4n) is 9.03. The molecule has 4 heterocycles. The number of rotatable bonds is 1. The minimum atomic E-state index is 0.216. The molecule has 0 spiro atoms. The van der Waals surface area contributed by atoms with Gasteiger partial charge in [0.1, 0.15) is 5.84 Å². The van der Waals surface area contributed by atoms with Crippen molar-refractivity contribution in [3.8, 4) is 6.07 Å². The van der Waals surface area contributed by atoms with Crippen LogP contribution in [0.4, 0.5) is 5.69 Å². The second kappa shape index (κ2) is 10.3. The number of fused-ring (bicyclic) bond motifs is 13. The maximum absolute atomic E-state index is 9.42. The summed E-state index contributed by atoms with van der Waals surface area (Å²) in [7, 11) is 0. The van der Waals surface area contributed by atoms with Crippen molar-refractivity contribution >= 4 is 82.2 Å². The van der Waals surface area contributed by atoms with Crippen LogP contribution >= 0.6 is 0 Å². The Morgan fingerprint density at radius 1 is 0.600 bits per heavy atom. The van der Waals surface area contributed by atoms with Crippen LogP contribution < -0.4 is 0 Å². The van der Waals surface area contributed by atoms with E-state index in [1.807, 2.05) is 12.1 Å². The Morgan fingerprint density at radius 3 is 2.14 bits per heavy atom. The molecule has 0 saturated heterocycles. The highest BCUT2D eigenvalue weighted by Gasteiger charge is 2.27. The number of nitriles is 1. The van der Waals surface area contributed by atoms with E-state index in [0.717, 1.165) is 30.8 Å². The monoisotopic (exact) mass is 638 g/mol. The number of para-hydroxylation sites is 3. The van der Waals surface area contributed by atoms with Gasteiger partial charge in [-0.3, -0.25) is 4.57 Å². The fraction of sp³-hybridized carbons (Fsp3) is 0.0870. The van der Waals surface area contributed by atoms with Gasteiger partial charge >= 0.3 is 0 Å². The van der Waals surface area contributed by atoms with Gasteiger partial charge < -0.3 is 4.40 Å². The second-order valence-electron chi connectivity index (χ2n) is 13.7. The first-order valence-electron chi connectivity index (χ1n) is 17.5. The number of nitrogens with zero attached hydrogens (tertiary/aromatic N) is 4. The van der Waals surface area contributed by atoms with Crippen molar-refractivity contribution in [2.24, 2.45) is 4.99 Å². The lowest BCUT2D eigenvalue weighted by Gasteiger charge is -2.24. The largest absolute Gasteiger partial charge is 0.308 e. The summed E-state index contributed by atoms with van der Waals surface area (Å²) in [5.74, 6) is 1.29. The molecule has 0 bridgehead atoms. The van der Waals surface area contributed by atoms with Crippen LogP contribution in [0.1, 0.15) is 41.9 Å². The van der Waals surface area contributed by atoms with E-state index in [1.165, 1.54) is 81.8 Å². The lowest BCUT2D eigenvalue weighted by atomic mass is 9.85. The van der Waals surface area contributed by atoms with E-state index in [1.54, 1.807) is 0 Å². The molecular weight excluding hydrogens is 609 g/mol. The summed E-state index contributed by atoms with van der Waals surface area (Å²) in [6.45, 7) is 0. The average Bonchev–Trinajstić information content (AvgIpc) is 3.80. The summed E-state index contributed by atoms with van der Waals surface area (Å²) in [6, 6.07) is 52.6. The lowest BCUT2D eigenvalue weighted by Crippen LogP contribution is -2.15. The standard InChI is InChI=1S/C46H30N4/c47-27-28-20-22-30(23-21-28)31-15-9-19-42(48-38-16-6-3-12-33(31)38)50-40-18-8-5-14-35(40)37-26-36-34-13-4-7-17-39(34)49-41-25-24-29-10-1-2-11-32(29)43(41)44(45(36)49)46(37)50/h1-8,10-14,16-18,20-26,31H,9,15,19H2/b48-42+. The molecule has 0 saturated carbocycles. The SMILES string of the molecule is N#Cc1ccc(C2CCC/C(n3c4ccccc4c4cc5c6ccccc6n6c7ccc8ccccc8c7c(c43)c56)=N\c3ccccc32)cc1. The zero-order valence-corrected chi connectivity index (χ0v) is 27.3. The molecule has 234 valence electrons. The molecule has 50 heavy (non-hydrogen) atoms. The summed E-state index contributed by atoms with van der Waals surface area (Å²) in [4.78, 5) is 5.61. The Labute approximate surface area is 288 Å². The summed E-state index contributed by atoms with van der Waals surface area (Å²) < 4.78 is 5.00. The maximum Gasteiger partial charge on any atom is 0.114 e. The zero-order valence-electron chi connectivity index (χ0n) is 27.3. The Morgan fingerprint density at radius 2 is 1.30 bits per heavy atom. The van der Waals surface area contributed by atoms with E-state index in [0.29, 0.717) is 5.56 Å². The zero-order chi connectivity index (χ0) is 32.9. The second-order valence-corrected chi connectivity index (χ2v) is 13.7. The highest BCUT2D eigenvalue weighted by Crippen LogP contribution is 2.48. The van der Waals surface area contributed by atoms with Crippen molar-refractivity contribution < 1.29 is 0 Å². The molecule has 1 aliphatic rings. The third-order valence-corrected chi connectivity index (χ3v) is 11.1. The normalized spacial score (nSPS) is 16.3. The molecule has 4 heteroatoms. The van der Waals surface area contributed by atoms with E-state index >= 15 is 0 Å². The average molecular weight is 639 g/mol. The topological polar surface area (TPSA) is 45.5 Å². The van der Waals surface area contributed by atoms with Crippen LogP contribution in [0.2, 0.25) is 0 Å². The summed E-state index contributed by atoms with van der Waals surface area (Å²) in [5, 5.41) is 19.6. The van der Waals surface area contributed by atoms with Gasteiger partial charge in [0.05, 0.1) is 44.9 Å². The number of aromatic nitrogens is 2. The fourth-order valence-corrected chi connectivity index (χ4v) is 9.03. The van der Waals surface area contributed by atoms with Crippen molar-refractivity contribution in [3.63, 3.8) is 0 Å². The molecule has 0 N–H and O–H groups in total. The smallest absolute Gasteiger partial charge is 0.114 e. The highest BCUT2D eigenvalue weighted by molar-refractivity contribution is 6.38. The third-order valence-electron chi connectivity index (χ3n) is 11.1. The van der Waals surface area contributed by atoms with Crippen LogP contribution in [0.3, 0.4) is 0 Å². The van der Waals surface area contributed by atoms with E-state index in [2.05, 4.69) is 142 Å². The Balaban J connectivity index is 1.28. The molecule has 0 radical (unpaired) electrons. The van der Waals surface area contributed by atoms with Crippen molar-refractivity contribution in [2.75, 3.05) is 0 Å². The lowest BCUT2D eigenvalue weighted by molar-refractivity contribution is 0.669. The molecule has 3 aromatic heterocycles. The first-order valence-corrected chi connectivity index (χ1v) is 17.5. The van der Waals surface area contributed by atoms with Crippen molar-refractivity contribution in [1.29, 1.82) is 5.26 Å². The number of hydrogen-bond donors (Lipinski definition) is 0. The first kappa shape index (κ1) is 27.5. The van der Waals surface area contributed by atoms with Gasteiger partial charge in [-0.15, -0.1) is 0 Å². The van der Waals surface area contributed by atoms with Crippen LogP contribution in [0.15, 0.2) is 145 Å². The molecule has 0 fully saturated rings. The summed E-state index contributed by atoms with van der Waals surface area (Å²) >= 11 is 0. The minimum absolute atomic E-state index is 0.216. The molecule has 7 aromatic carbocycles. The van der Waals surface area contributed by atoms with Gasteiger partial charge in [-0.05, 0) is 77.2 Å². The van der Waals surface area contributed by atoms with Crippen molar-refractivity contribution in [1.82, 2.24) is 8.97 Å². The van der Waals surface area contributed by atoms with Gasteiger partial charge in [0.25, 0.3) is 0 Å². The van der Waals surface area contributed by atoms with Gasteiger partial charge in [-0.25, -0.2) is 4.99 Å². The van der Waals surface area contributed by atoms with Crippen LogP contribution in [0, 0.1) is 11.3 Å². The summed E-state index contributed by atoms with van der Waals surface area (Å²) in [6.07, 6.45) is 2.83. The Bertz CT molecular complexity index is 3080. The molecule has 0 amide bonds. The summed E-state index contributed by atoms with van der Waals surface area (Å²) in [5.41, 5.74) is 10.4. The number of aliphatic imine (C=N–C) groups is 1. The van der Waals surface area contributed by atoms with Crippen molar-refractivity contribution in [2.45, 2.75) is 25.2 Å². The Kier molecular flexibility index (Phi) is 5.66. The number of benzene rings is 7. The van der Waals surface area contributed by atoms with E-state index < -0.39 is 0 Å². The van der Waals surface area contributed by atoms with Crippen LogP contribution in [-0.2, 0) is 0 Å². The van der Waals surface area contributed by atoms with E-state index in [4.69, 9.17) is 4.99 Å². The van der Waals surface area contributed by atoms with E-state index in [9.17, 15) is 5.26 Å². The third kappa shape index (κ3) is 3.67. The highest BCUT2D eigenvalue weighted by atomic mass is 15.1. The molecule has 1 unspecified atom stereocenters. The Hall–Kier alpha value is -6.44. The van der Waals surface area contributed by atoms with Gasteiger partial charge in [-0.1, -0.05) is 97.1 Å². The van der Waals surface area contributed by atoms with Gasteiger partial charge in [-0.2, -0.15) is 5.26 Å². The predicted octanol–water partition coefficient (Wildman–Crippen LogP) is 11.9. The molecule has 4 nitrogen and oxygen atoms in total. The first-order chi connectivity index (χ1) is 24.8. The van der Waals surface area contributed by atoms with Crippen LogP contribution in [-0.4, -0.2) is 14.8 Å². The quantitative estimate of drug-likeness (QED) is 0.176. The van der Waals surface area contributed by atoms with Crippen LogP contribution in [0.5, 0.6) is 0 Å². The van der Waals surface area contributed by atoms with E-state index in [-0.39, 0.29) is 5.92 Å². The van der Waals surface area contributed by atoms with Crippen molar-refractivity contribution in [3.05, 3.63) is 156 Å². The van der Waals surface area contributed by atoms with Gasteiger partial charge in [0, 0.05) is 44.7 Å². The molecule has 1 atom stereocenters. The molecule has 0 aliphatic carbocycles. The molecule has 11 rings (SSSR count). The molecular formula is C46H30N4. The predicted molar refractivity (Wildman–Crippen MR) is 207 cm³/mol. The minimum Gasteiger partial charge on any atom is -0.308 e. The molecule has 1 aliphatic heterocycles. The molecule has 10 aromatic rings. The van der Waals surface area contributed by atoms with Crippen LogP contribution in [0.25, 0.3) is 70.7 Å². The van der Waals surface area contributed by atoms with Gasteiger partial charge in [0.2, 0.25) is 0 Å².